The third-order valence-corrected chi connectivity index (χ3v) is 6.05. The van der Waals surface area contributed by atoms with E-state index in [1.54, 1.807) is 0 Å². The van der Waals surface area contributed by atoms with Crippen molar-refractivity contribution in [2.75, 3.05) is 0 Å². The molecule has 0 radical (unpaired) electrons. The highest BCUT2D eigenvalue weighted by Crippen LogP contribution is 2.47. The molecule has 2 aliphatic heterocycles. The average molecular weight is 320 g/mol. The summed E-state index contributed by atoms with van der Waals surface area (Å²) in [5, 5.41) is 10.7. The average Bonchev–Trinajstić information content (AvgIpc) is 3.32. The van der Waals surface area contributed by atoms with Gasteiger partial charge in [-0.3, -0.25) is 0 Å². The molecule has 0 aromatic rings. The molecular formula is C20H32O3. The van der Waals surface area contributed by atoms with Gasteiger partial charge in [0.15, 0.2) is 0 Å². The van der Waals surface area contributed by atoms with Crippen molar-refractivity contribution in [3.63, 3.8) is 0 Å². The van der Waals surface area contributed by atoms with Gasteiger partial charge in [0.1, 0.15) is 11.7 Å². The zero-order chi connectivity index (χ0) is 16.8. The summed E-state index contributed by atoms with van der Waals surface area (Å²) < 4.78 is 11.9. The number of aliphatic hydroxyl groups is 1. The molecule has 0 aromatic heterocycles. The highest BCUT2D eigenvalue weighted by molar-refractivity contribution is 5.21. The molecule has 3 nitrogen and oxygen atoms in total. The van der Waals surface area contributed by atoms with Gasteiger partial charge in [-0.1, -0.05) is 37.1 Å². The summed E-state index contributed by atoms with van der Waals surface area (Å²) in [6.45, 7) is 10.9. The monoisotopic (exact) mass is 320 g/mol. The number of fused-ring (bicyclic) bond motifs is 2. The molecule has 5 atom stereocenters. The summed E-state index contributed by atoms with van der Waals surface area (Å²) in [7, 11) is 0. The van der Waals surface area contributed by atoms with Gasteiger partial charge in [0.25, 0.3) is 0 Å². The van der Waals surface area contributed by atoms with Crippen LogP contribution in [0.2, 0.25) is 0 Å². The lowest BCUT2D eigenvalue weighted by Crippen LogP contribution is -2.30. The summed E-state index contributed by atoms with van der Waals surface area (Å²) >= 11 is 0. The Morgan fingerprint density at radius 3 is 2.70 bits per heavy atom. The van der Waals surface area contributed by atoms with Crippen molar-refractivity contribution in [2.24, 2.45) is 5.92 Å². The summed E-state index contributed by atoms with van der Waals surface area (Å²) in [6, 6.07) is 0. The van der Waals surface area contributed by atoms with Crippen molar-refractivity contribution < 1.29 is 14.6 Å². The highest BCUT2D eigenvalue weighted by atomic mass is 16.6. The number of aliphatic hydroxyl groups excluding tert-OH is 1. The molecule has 130 valence electrons. The van der Waals surface area contributed by atoms with Gasteiger partial charge >= 0.3 is 0 Å². The van der Waals surface area contributed by atoms with Gasteiger partial charge in [-0.25, -0.2) is 0 Å². The Morgan fingerprint density at radius 1 is 1.26 bits per heavy atom. The van der Waals surface area contributed by atoms with Gasteiger partial charge in [-0.15, -0.1) is 0 Å². The number of rotatable bonds is 1. The van der Waals surface area contributed by atoms with Crippen molar-refractivity contribution in [3.05, 3.63) is 23.3 Å². The minimum atomic E-state index is -0.432. The molecule has 23 heavy (non-hydrogen) atoms. The molecule has 0 saturated carbocycles. The predicted octanol–water partition coefficient (Wildman–Crippen LogP) is 4.16. The molecule has 0 aromatic carbocycles. The minimum absolute atomic E-state index is 0.0193. The number of hydrogen-bond acceptors (Lipinski definition) is 3. The lowest BCUT2D eigenvalue weighted by atomic mass is 9.87. The van der Waals surface area contributed by atoms with Crippen LogP contribution in [-0.4, -0.2) is 34.6 Å². The maximum absolute atomic E-state index is 10.7. The second-order valence-electron chi connectivity index (χ2n) is 8.39. The number of allylic oxidation sites excluding steroid dienone is 2. The fourth-order valence-electron chi connectivity index (χ4n) is 3.76. The third-order valence-electron chi connectivity index (χ3n) is 6.05. The molecule has 2 fully saturated rings. The molecule has 3 rings (SSSR count). The van der Waals surface area contributed by atoms with Crippen LogP contribution in [0.1, 0.15) is 66.7 Å². The van der Waals surface area contributed by atoms with Crippen LogP contribution in [-0.2, 0) is 9.47 Å². The van der Waals surface area contributed by atoms with Crippen molar-refractivity contribution in [1.82, 2.24) is 0 Å². The van der Waals surface area contributed by atoms with Gasteiger partial charge < -0.3 is 14.6 Å². The van der Waals surface area contributed by atoms with E-state index < -0.39 is 6.10 Å². The molecule has 1 aliphatic carbocycles. The number of ether oxygens (including phenoxy) is 2. The highest BCUT2D eigenvalue weighted by Gasteiger charge is 2.57. The van der Waals surface area contributed by atoms with Gasteiger partial charge in [-0.2, -0.15) is 0 Å². The largest absolute Gasteiger partial charge is 0.390 e. The molecule has 0 amide bonds. The van der Waals surface area contributed by atoms with E-state index in [1.807, 2.05) is 0 Å². The molecule has 0 bridgehead atoms. The summed E-state index contributed by atoms with van der Waals surface area (Å²) in [5.41, 5.74) is 2.33. The normalized spacial score (nSPS) is 46.8. The van der Waals surface area contributed by atoms with Crippen molar-refractivity contribution >= 4 is 0 Å². The summed E-state index contributed by atoms with van der Waals surface area (Å²) in [6.07, 6.45) is 9.47. The van der Waals surface area contributed by atoms with E-state index in [1.165, 1.54) is 11.1 Å². The Hall–Kier alpha value is -0.640. The molecule has 0 spiro atoms. The summed E-state index contributed by atoms with van der Waals surface area (Å²) in [5.74, 6) is 0.425. The van der Waals surface area contributed by atoms with Gasteiger partial charge in [0.2, 0.25) is 0 Å². The van der Waals surface area contributed by atoms with Crippen LogP contribution in [0.15, 0.2) is 23.3 Å². The second-order valence-corrected chi connectivity index (χ2v) is 8.39. The van der Waals surface area contributed by atoms with E-state index in [2.05, 4.69) is 46.8 Å². The van der Waals surface area contributed by atoms with Crippen LogP contribution in [0.3, 0.4) is 0 Å². The van der Waals surface area contributed by atoms with Crippen molar-refractivity contribution in [1.29, 1.82) is 0 Å². The first-order chi connectivity index (χ1) is 10.7. The molecular weight excluding hydrogens is 288 g/mol. The predicted molar refractivity (Wildman–Crippen MR) is 92.3 cm³/mol. The van der Waals surface area contributed by atoms with Crippen LogP contribution in [0, 0.1) is 5.92 Å². The first kappa shape index (κ1) is 17.2. The maximum atomic E-state index is 10.7. The molecule has 2 saturated heterocycles. The van der Waals surface area contributed by atoms with Crippen molar-refractivity contribution in [3.8, 4) is 0 Å². The summed E-state index contributed by atoms with van der Waals surface area (Å²) in [4.78, 5) is 0. The van der Waals surface area contributed by atoms with E-state index in [0.29, 0.717) is 12.3 Å². The zero-order valence-corrected chi connectivity index (χ0v) is 15.3. The standard InChI is InChI=1S/C20H32O3/c1-13(2)15-11-16(21)20(5)17(23-20)9-8-14(3)7-6-10-19(4)18(12-15)22-19/h7,12-13,16-18,21H,6,8-11H2,1-5H3/b14-7?,15-12+/t16-,17-,18-,19-,20-/m0/s1. The van der Waals surface area contributed by atoms with E-state index in [0.717, 1.165) is 25.7 Å². The smallest absolute Gasteiger partial charge is 0.118 e. The van der Waals surface area contributed by atoms with E-state index in [9.17, 15) is 5.11 Å². The van der Waals surface area contributed by atoms with Gasteiger partial charge in [0, 0.05) is 0 Å². The Kier molecular flexibility index (Phi) is 4.50. The molecule has 1 N–H and O–H groups in total. The SMILES string of the molecule is CC1=CCC[C@]2(C)O[C@H]2/C=C(/C(C)C)C[C@H](O)[C@]2(C)O[C@H]2CC1. The first-order valence-corrected chi connectivity index (χ1v) is 9.14. The number of epoxide rings is 2. The van der Waals surface area contributed by atoms with Crippen LogP contribution < -0.4 is 0 Å². The fraction of sp³-hybridized carbons (Fsp3) is 0.800. The van der Waals surface area contributed by atoms with Crippen LogP contribution in [0.25, 0.3) is 0 Å². The van der Waals surface area contributed by atoms with Crippen LogP contribution >= 0.6 is 0 Å². The molecule has 3 heteroatoms. The lowest BCUT2D eigenvalue weighted by molar-refractivity contribution is 0.0833. The number of hydrogen-bond donors (Lipinski definition) is 1. The Balaban J connectivity index is 1.80. The van der Waals surface area contributed by atoms with E-state index in [-0.39, 0.29) is 23.4 Å². The van der Waals surface area contributed by atoms with Crippen molar-refractivity contribution in [2.45, 2.75) is 96.2 Å². The topological polar surface area (TPSA) is 45.3 Å². The minimum Gasteiger partial charge on any atom is -0.390 e. The zero-order valence-electron chi connectivity index (χ0n) is 15.3. The lowest BCUT2D eigenvalue weighted by Gasteiger charge is -2.20. The maximum Gasteiger partial charge on any atom is 0.118 e. The van der Waals surface area contributed by atoms with E-state index in [4.69, 9.17) is 9.47 Å². The third kappa shape index (κ3) is 3.57. The fourth-order valence-corrected chi connectivity index (χ4v) is 3.76. The molecule has 3 aliphatic rings. The second kappa shape index (κ2) is 6.02. The van der Waals surface area contributed by atoms with Crippen LogP contribution in [0.5, 0.6) is 0 Å². The van der Waals surface area contributed by atoms with Gasteiger partial charge in [0.05, 0.1) is 17.8 Å². The van der Waals surface area contributed by atoms with Gasteiger partial charge in [-0.05, 0) is 58.8 Å². The molecule has 2 heterocycles. The molecule has 0 unspecified atom stereocenters. The quantitative estimate of drug-likeness (QED) is 0.583. The Morgan fingerprint density at radius 2 is 2.00 bits per heavy atom. The Labute approximate surface area is 140 Å². The Bertz CT molecular complexity index is 521. The van der Waals surface area contributed by atoms with E-state index >= 15 is 0 Å². The first-order valence-electron chi connectivity index (χ1n) is 9.14. The van der Waals surface area contributed by atoms with Crippen LogP contribution in [0.4, 0.5) is 0 Å².